The van der Waals surface area contributed by atoms with Gasteiger partial charge in [-0.25, -0.2) is 0 Å². The van der Waals surface area contributed by atoms with Crippen molar-refractivity contribution < 1.29 is 19.1 Å². The Morgan fingerprint density at radius 2 is 0.850 bits per heavy atom. The van der Waals surface area contributed by atoms with E-state index in [0.29, 0.717) is 26.1 Å². The maximum absolute atomic E-state index is 11.8. The highest BCUT2D eigenvalue weighted by Gasteiger charge is 2.17. The molecule has 2 aliphatic rings. The number of hydrogen-bond acceptors (Lipinski definition) is 4. The minimum Gasteiger partial charge on any atom is -0.466 e. The van der Waals surface area contributed by atoms with Crippen LogP contribution < -0.4 is 0 Å². The molecule has 0 aromatic heterocycles. The Balaban J connectivity index is 1.22. The summed E-state index contributed by atoms with van der Waals surface area (Å²) in [4.78, 5) is 23.7. The number of rotatable bonds is 26. The molecule has 4 nitrogen and oxygen atoms in total. The molecule has 0 amide bonds. The van der Waals surface area contributed by atoms with Gasteiger partial charge in [0, 0.05) is 12.8 Å². The number of esters is 2. The van der Waals surface area contributed by atoms with Crippen LogP contribution >= 0.6 is 0 Å². The molecule has 40 heavy (non-hydrogen) atoms. The Bertz CT molecular complexity index is 554. The van der Waals surface area contributed by atoms with Crippen LogP contribution in [0.4, 0.5) is 0 Å². The van der Waals surface area contributed by atoms with Gasteiger partial charge in [-0.1, -0.05) is 148 Å². The van der Waals surface area contributed by atoms with Crippen LogP contribution in [0.5, 0.6) is 0 Å². The Kier molecular flexibility index (Phi) is 21.5. The zero-order valence-electron chi connectivity index (χ0n) is 26.6. The highest BCUT2D eigenvalue weighted by molar-refractivity contribution is 5.69. The van der Waals surface area contributed by atoms with E-state index < -0.39 is 0 Å². The van der Waals surface area contributed by atoms with E-state index in [1.807, 2.05) is 0 Å². The summed E-state index contributed by atoms with van der Waals surface area (Å²) < 4.78 is 10.8. The highest BCUT2D eigenvalue weighted by atomic mass is 16.5. The molecule has 0 unspecified atom stereocenters. The predicted molar refractivity (Wildman–Crippen MR) is 167 cm³/mol. The third-order valence-electron chi connectivity index (χ3n) is 9.67. The van der Waals surface area contributed by atoms with Crippen molar-refractivity contribution in [2.45, 2.75) is 187 Å². The highest BCUT2D eigenvalue weighted by Crippen LogP contribution is 2.29. The van der Waals surface area contributed by atoms with Crippen LogP contribution in [0, 0.1) is 17.8 Å². The molecule has 2 aliphatic carbocycles. The van der Waals surface area contributed by atoms with Crippen molar-refractivity contribution in [3.8, 4) is 0 Å². The summed E-state index contributed by atoms with van der Waals surface area (Å²) in [5.41, 5.74) is 0. The molecule has 0 heterocycles. The third-order valence-corrected chi connectivity index (χ3v) is 9.67. The Hall–Kier alpha value is -1.06. The van der Waals surface area contributed by atoms with Gasteiger partial charge in [-0.3, -0.25) is 9.59 Å². The number of ether oxygens (including phenoxy) is 2. The fourth-order valence-corrected chi connectivity index (χ4v) is 6.86. The first-order chi connectivity index (χ1) is 19.6. The molecule has 0 aromatic rings. The normalized spacial score (nSPS) is 16.2. The van der Waals surface area contributed by atoms with Crippen molar-refractivity contribution in [1.82, 2.24) is 0 Å². The van der Waals surface area contributed by atoms with Crippen LogP contribution in [0.1, 0.15) is 187 Å². The lowest BCUT2D eigenvalue weighted by atomic mass is 9.96. The molecule has 2 fully saturated rings. The quantitative estimate of drug-likeness (QED) is 0.0777. The Labute approximate surface area is 248 Å². The van der Waals surface area contributed by atoms with Gasteiger partial charge < -0.3 is 9.47 Å². The Morgan fingerprint density at radius 1 is 0.525 bits per heavy atom. The molecule has 0 aromatic carbocycles. The van der Waals surface area contributed by atoms with E-state index in [4.69, 9.17) is 9.47 Å². The van der Waals surface area contributed by atoms with Gasteiger partial charge in [-0.05, 0) is 43.4 Å². The molecule has 0 saturated heterocycles. The zero-order chi connectivity index (χ0) is 28.5. The van der Waals surface area contributed by atoms with E-state index in [0.717, 1.165) is 43.4 Å². The molecule has 234 valence electrons. The summed E-state index contributed by atoms with van der Waals surface area (Å²) in [6.45, 7) is 3.68. The van der Waals surface area contributed by atoms with E-state index in [-0.39, 0.29) is 11.9 Å². The maximum Gasteiger partial charge on any atom is 0.305 e. The molecule has 0 atom stereocenters. The number of carbonyl (C=O) groups is 2. The van der Waals surface area contributed by atoms with E-state index >= 15 is 0 Å². The third kappa shape index (κ3) is 19.9. The van der Waals surface area contributed by atoms with Crippen molar-refractivity contribution in [3.05, 3.63) is 0 Å². The summed E-state index contributed by atoms with van der Waals surface area (Å²) in [6.07, 6.45) is 34.6. The van der Waals surface area contributed by atoms with Crippen LogP contribution in [0.25, 0.3) is 0 Å². The number of unbranched alkanes of at least 4 members (excludes halogenated alkanes) is 12. The van der Waals surface area contributed by atoms with Crippen LogP contribution in [-0.4, -0.2) is 25.2 Å². The van der Waals surface area contributed by atoms with E-state index in [1.165, 1.54) is 141 Å². The second kappa shape index (κ2) is 24.5. The standard InChI is InChI=1S/C36H66O4/c1-32(20-12-8-4-2-6-10-18-30-39-35(37)28-26-33-22-14-15-23-33)21-13-9-5-3-7-11-19-31-40-36(38)29-27-34-24-16-17-25-34/h32-34H,2-31H2,1H3. The van der Waals surface area contributed by atoms with E-state index in [2.05, 4.69) is 6.92 Å². The lowest BCUT2D eigenvalue weighted by Crippen LogP contribution is -2.07. The summed E-state index contributed by atoms with van der Waals surface area (Å²) in [5, 5.41) is 0. The second-order valence-electron chi connectivity index (χ2n) is 13.5. The van der Waals surface area contributed by atoms with Crippen molar-refractivity contribution in [1.29, 1.82) is 0 Å². The zero-order valence-corrected chi connectivity index (χ0v) is 26.6. The second-order valence-corrected chi connectivity index (χ2v) is 13.5. The molecule has 0 spiro atoms. The van der Waals surface area contributed by atoms with Crippen molar-refractivity contribution in [2.75, 3.05) is 13.2 Å². The lowest BCUT2D eigenvalue weighted by molar-refractivity contribution is -0.145. The molecule has 0 bridgehead atoms. The largest absolute Gasteiger partial charge is 0.466 e. The Morgan fingerprint density at radius 3 is 1.23 bits per heavy atom. The van der Waals surface area contributed by atoms with Gasteiger partial charge in [0.25, 0.3) is 0 Å². The average molecular weight is 563 g/mol. The minimum atomic E-state index is 0.0248. The van der Waals surface area contributed by atoms with Gasteiger partial charge in [0.1, 0.15) is 0 Å². The maximum atomic E-state index is 11.8. The molecule has 2 rings (SSSR count). The van der Waals surface area contributed by atoms with Gasteiger partial charge in [0.15, 0.2) is 0 Å². The molecule has 0 aliphatic heterocycles. The first kappa shape index (κ1) is 35.1. The molecular formula is C36H66O4. The van der Waals surface area contributed by atoms with Crippen molar-refractivity contribution in [3.63, 3.8) is 0 Å². The fourth-order valence-electron chi connectivity index (χ4n) is 6.86. The number of carbonyl (C=O) groups excluding carboxylic acids is 2. The van der Waals surface area contributed by atoms with Crippen LogP contribution in [-0.2, 0) is 19.1 Å². The first-order valence-electron chi connectivity index (χ1n) is 17.9. The van der Waals surface area contributed by atoms with Gasteiger partial charge in [0.05, 0.1) is 13.2 Å². The summed E-state index contributed by atoms with van der Waals surface area (Å²) in [7, 11) is 0. The molecular weight excluding hydrogens is 496 g/mol. The fraction of sp³-hybridized carbons (Fsp3) is 0.944. The summed E-state index contributed by atoms with van der Waals surface area (Å²) >= 11 is 0. The SMILES string of the molecule is CC(CCCCCCCCCOC(=O)CCC1CCCC1)CCCCCCCCCOC(=O)CCC1CCCC1. The van der Waals surface area contributed by atoms with Crippen molar-refractivity contribution >= 4 is 11.9 Å². The lowest BCUT2D eigenvalue weighted by Gasteiger charge is -2.11. The van der Waals surface area contributed by atoms with Crippen LogP contribution in [0.3, 0.4) is 0 Å². The molecule has 0 N–H and O–H groups in total. The minimum absolute atomic E-state index is 0.0248. The summed E-state index contributed by atoms with van der Waals surface area (Å²) in [6, 6.07) is 0. The smallest absolute Gasteiger partial charge is 0.305 e. The molecule has 0 radical (unpaired) electrons. The monoisotopic (exact) mass is 562 g/mol. The molecule has 2 saturated carbocycles. The van der Waals surface area contributed by atoms with Crippen LogP contribution in [0.2, 0.25) is 0 Å². The first-order valence-corrected chi connectivity index (χ1v) is 17.9. The van der Waals surface area contributed by atoms with E-state index in [9.17, 15) is 9.59 Å². The van der Waals surface area contributed by atoms with Crippen LogP contribution in [0.15, 0.2) is 0 Å². The van der Waals surface area contributed by atoms with Gasteiger partial charge >= 0.3 is 11.9 Å². The van der Waals surface area contributed by atoms with Gasteiger partial charge in [0.2, 0.25) is 0 Å². The van der Waals surface area contributed by atoms with E-state index in [1.54, 1.807) is 0 Å². The predicted octanol–water partition coefficient (Wildman–Crippen LogP) is 10.9. The summed E-state index contributed by atoms with van der Waals surface area (Å²) in [5.74, 6) is 2.48. The van der Waals surface area contributed by atoms with Crippen molar-refractivity contribution in [2.24, 2.45) is 17.8 Å². The number of hydrogen-bond donors (Lipinski definition) is 0. The van der Waals surface area contributed by atoms with Gasteiger partial charge in [-0.15, -0.1) is 0 Å². The topological polar surface area (TPSA) is 52.6 Å². The molecule has 4 heteroatoms. The average Bonchev–Trinajstić information content (AvgIpc) is 3.67. The van der Waals surface area contributed by atoms with Gasteiger partial charge in [-0.2, -0.15) is 0 Å².